The highest BCUT2D eigenvalue weighted by atomic mass is 32.2. The topological polar surface area (TPSA) is 86.8 Å². The van der Waals surface area contributed by atoms with E-state index in [1.165, 1.54) is 16.4 Å². The molecular weight excluding hydrogens is 414 g/mol. The molecule has 1 fully saturated rings. The number of carbonyl (C=O) groups excluding carboxylic acids is 2. The molecule has 2 aromatic rings. The Morgan fingerprint density at radius 1 is 1.10 bits per heavy atom. The average molecular weight is 444 g/mol. The second-order valence-corrected chi connectivity index (χ2v) is 9.67. The minimum Gasteiger partial charge on any atom is -0.326 e. The van der Waals surface area contributed by atoms with Gasteiger partial charge >= 0.3 is 0 Å². The molecule has 31 heavy (non-hydrogen) atoms. The third-order valence-corrected chi connectivity index (χ3v) is 7.89. The highest BCUT2D eigenvalue weighted by Gasteiger charge is 2.35. The van der Waals surface area contributed by atoms with Crippen LogP contribution in [-0.4, -0.2) is 44.2 Å². The largest absolute Gasteiger partial charge is 0.326 e. The van der Waals surface area contributed by atoms with Gasteiger partial charge in [0, 0.05) is 37.4 Å². The number of amides is 2. The van der Waals surface area contributed by atoms with Crippen molar-refractivity contribution in [3.8, 4) is 0 Å². The summed E-state index contributed by atoms with van der Waals surface area (Å²) in [7, 11) is -3.55. The van der Waals surface area contributed by atoms with Gasteiger partial charge in [-0.15, -0.1) is 0 Å². The molecule has 0 aliphatic carbocycles. The van der Waals surface area contributed by atoms with E-state index in [0.29, 0.717) is 25.3 Å². The number of hydrogen-bond donors (Lipinski definition) is 1. The molecule has 2 amide bonds. The lowest BCUT2D eigenvalue weighted by Crippen LogP contribution is -2.30. The van der Waals surface area contributed by atoms with E-state index in [0.717, 1.165) is 16.8 Å². The van der Waals surface area contributed by atoms with Crippen molar-refractivity contribution < 1.29 is 18.0 Å². The fraction of sp³-hybridized carbons (Fsp3) is 0.391. The minimum atomic E-state index is -3.55. The normalized spacial score (nSPS) is 16.7. The first-order chi connectivity index (χ1) is 14.7. The van der Waals surface area contributed by atoms with Crippen LogP contribution in [0.25, 0.3) is 0 Å². The fourth-order valence-corrected chi connectivity index (χ4v) is 5.27. The molecule has 3 rings (SSSR count). The van der Waals surface area contributed by atoms with E-state index in [4.69, 9.17) is 0 Å². The van der Waals surface area contributed by atoms with Gasteiger partial charge in [0.1, 0.15) is 0 Å². The third kappa shape index (κ3) is 4.65. The zero-order chi connectivity index (χ0) is 22.8. The maximum absolute atomic E-state index is 12.8. The molecule has 0 unspecified atom stereocenters. The lowest BCUT2D eigenvalue weighted by Gasteiger charge is -2.20. The Bertz CT molecular complexity index is 1080. The van der Waals surface area contributed by atoms with Crippen molar-refractivity contribution in [1.29, 1.82) is 0 Å². The van der Waals surface area contributed by atoms with Gasteiger partial charge in [0.25, 0.3) is 0 Å². The first kappa shape index (κ1) is 23.0. The number of rotatable bonds is 7. The van der Waals surface area contributed by atoms with Crippen LogP contribution in [0, 0.1) is 19.8 Å². The number of nitrogens with zero attached hydrogens (tertiary/aromatic N) is 2. The number of benzene rings is 2. The van der Waals surface area contributed by atoms with Crippen molar-refractivity contribution in [2.75, 3.05) is 29.9 Å². The Kier molecular flexibility index (Phi) is 6.81. The summed E-state index contributed by atoms with van der Waals surface area (Å²) in [6.45, 7) is 8.66. The molecule has 2 aromatic carbocycles. The zero-order valence-electron chi connectivity index (χ0n) is 18.4. The van der Waals surface area contributed by atoms with E-state index in [2.05, 4.69) is 5.32 Å². The van der Waals surface area contributed by atoms with Crippen LogP contribution >= 0.6 is 0 Å². The highest BCUT2D eigenvalue weighted by Crippen LogP contribution is 2.30. The van der Waals surface area contributed by atoms with Crippen LogP contribution in [0.2, 0.25) is 0 Å². The van der Waals surface area contributed by atoms with Gasteiger partial charge in [0.2, 0.25) is 21.8 Å². The van der Waals surface area contributed by atoms with Crippen molar-refractivity contribution in [1.82, 2.24) is 4.31 Å². The van der Waals surface area contributed by atoms with Crippen molar-refractivity contribution in [2.45, 2.75) is 39.0 Å². The summed E-state index contributed by atoms with van der Waals surface area (Å²) in [6, 6.07) is 11.9. The Hall–Kier alpha value is -2.71. The summed E-state index contributed by atoms with van der Waals surface area (Å²) in [5.41, 5.74) is 3.47. The molecule has 1 N–H and O–H groups in total. The SMILES string of the molecule is CCN(CC)S(=O)(=O)c1ccc(NC(=O)[C@@H]2CC(=O)N(c3cccc(C)c3C)C2)cc1. The molecule has 0 bridgehead atoms. The second kappa shape index (κ2) is 9.20. The van der Waals surface area contributed by atoms with E-state index in [1.807, 2.05) is 32.0 Å². The lowest BCUT2D eigenvalue weighted by atomic mass is 10.1. The first-order valence-electron chi connectivity index (χ1n) is 10.5. The van der Waals surface area contributed by atoms with Gasteiger partial charge in [0.05, 0.1) is 10.8 Å². The summed E-state index contributed by atoms with van der Waals surface area (Å²) in [4.78, 5) is 27.2. The number of aryl methyl sites for hydroxylation is 1. The molecule has 0 spiro atoms. The zero-order valence-corrected chi connectivity index (χ0v) is 19.2. The molecule has 1 aliphatic heterocycles. The van der Waals surface area contributed by atoms with E-state index in [9.17, 15) is 18.0 Å². The molecule has 7 nitrogen and oxygen atoms in total. The maximum Gasteiger partial charge on any atom is 0.243 e. The van der Waals surface area contributed by atoms with E-state index in [-0.39, 0.29) is 23.1 Å². The van der Waals surface area contributed by atoms with Gasteiger partial charge in [0.15, 0.2) is 0 Å². The first-order valence-corrected chi connectivity index (χ1v) is 11.9. The van der Waals surface area contributed by atoms with Gasteiger partial charge in [-0.05, 0) is 55.3 Å². The molecule has 8 heteroatoms. The van der Waals surface area contributed by atoms with Crippen LogP contribution in [0.4, 0.5) is 11.4 Å². The summed E-state index contributed by atoms with van der Waals surface area (Å²) in [6.07, 6.45) is 0.146. The fourth-order valence-electron chi connectivity index (χ4n) is 3.81. The summed E-state index contributed by atoms with van der Waals surface area (Å²) in [5, 5.41) is 2.81. The number of anilines is 2. The molecule has 1 atom stereocenters. The van der Waals surface area contributed by atoms with Crippen molar-refractivity contribution >= 4 is 33.2 Å². The molecule has 0 saturated carbocycles. The van der Waals surface area contributed by atoms with Crippen molar-refractivity contribution in [3.05, 3.63) is 53.6 Å². The molecule has 0 aromatic heterocycles. The Morgan fingerprint density at radius 2 is 1.74 bits per heavy atom. The van der Waals surface area contributed by atoms with Gasteiger partial charge in [-0.25, -0.2) is 8.42 Å². The summed E-state index contributed by atoms with van der Waals surface area (Å²) < 4.78 is 26.6. The van der Waals surface area contributed by atoms with E-state index in [1.54, 1.807) is 30.9 Å². The van der Waals surface area contributed by atoms with Gasteiger partial charge < -0.3 is 10.2 Å². The molecule has 1 heterocycles. The Morgan fingerprint density at radius 3 is 2.35 bits per heavy atom. The number of carbonyl (C=O) groups is 2. The summed E-state index contributed by atoms with van der Waals surface area (Å²) in [5.74, 6) is -0.790. The van der Waals surface area contributed by atoms with E-state index >= 15 is 0 Å². The average Bonchev–Trinajstić information content (AvgIpc) is 3.13. The smallest absolute Gasteiger partial charge is 0.243 e. The van der Waals surface area contributed by atoms with Crippen LogP contribution in [0.3, 0.4) is 0 Å². The molecule has 166 valence electrons. The van der Waals surface area contributed by atoms with Crippen LogP contribution in [0.1, 0.15) is 31.4 Å². The lowest BCUT2D eigenvalue weighted by molar-refractivity contribution is -0.122. The Balaban J connectivity index is 1.70. The second-order valence-electron chi connectivity index (χ2n) is 7.73. The van der Waals surface area contributed by atoms with Gasteiger partial charge in [-0.2, -0.15) is 4.31 Å². The van der Waals surface area contributed by atoms with Crippen molar-refractivity contribution in [2.24, 2.45) is 5.92 Å². The monoisotopic (exact) mass is 443 g/mol. The van der Waals surface area contributed by atoms with Crippen molar-refractivity contribution in [3.63, 3.8) is 0 Å². The standard InChI is InChI=1S/C23H29N3O4S/c1-5-25(6-2)31(29,30)20-12-10-19(11-13-20)24-23(28)18-14-22(27)26(15-18)21-9-7-8-16(3)17(21)4/h7-13,18H,5-6,14-15H2,1-4H3,(H,24,28)/t18-/m1/s1. The quantitative estimate of drug-likeness (QED) is 0.711. The van der Waals surface area contributed by atoms with Crippen LogP contribution in [0.5, 0.6) is 0 Å². The van der Waals surface area contributed by atoms with Gasteiger partial charge in [-0.1, -0.05) is 26.0 Å². The van der Waals surface area contributed by atoms with Gasteiger partial charge in [-0.3, -0.25) is 9.59 Å². The predicted octanol–water partition coefficient (Wildman–Crippen LogP) is 3.33. The number of sulfonamides is 1. The van der Waals surface area contributed by atoms with Crippen LogP contribution in [0.15, 0.2) is 47.4 Å². The molecule has 1 saturated heterocycles. The highest BCUT2D eigenvalue weighted by molar-refractivity contribution is 7.89. The molecule has 0 radical (unpaired) electrons. The molecular formula is C23H29N3O4S. The van der Waals surface area contributed by atoms with E-state index < -0.39 is 15.9 Å². The minimum absolute atomic E-state index is 0.0745. The predicted molar refractivity (Wildman–Crippen MR) is 122 cm³/mol. The molecule has 1 aliphatic rings. The summed E-state index contributed by atoms with van der Waals surface area (Å²) >= 11 is 0. The van der Waals surface area contributed by atoms with Crippen LogP contribution < -0.4 is 10.2 Å². The maximum atomic E-state index is 12.8. The van der Waals surface area contributed by atoms with Crippen LogP contribution in [-0.2, 0) is 19.6 Å². The number of hydrogen-bond acceptors (Lipinski definition) is 4. The number of nitrogens with one attached hydrogen (secondary N) is 1. The Labute approximate surface area is 184 Å². The third-order valence-electron chi connectivity index (χ3n) is 5.83.